The molecule has 0 aliphatic heterocycles. The van der Waals surface area contributed by atoms with E-state index < -0.39 is 13.0 Å². The Morgan fingerprint density at radius 3 is 2.81 bits per heavy atom. The number of rotatable bonds is 9. The van der Waals surface area contributed by atoms with Crippen molar-refractivity contribution in [3.05, 3.63) is 59.4 Å². The second-order valence-corrected chi connectivity index (χ2v) is 8.51. The summed E-state index contributed by atoms with van der Waals surface area (Å²) in [5.74, 6) is 7.25. The molecule has 0 unspecified atom stereocenters. The number of aryl methyl sites for hydroxylation is 1. The molecular weight excluding hydrogens is 504 g/mol. The third kappa shape index (κ3) is 6.92. The molecule has 1 atom stereocenters. The van der Waals surface area contributed by atoms with Crippen LogP contribution in [0.15, 0.2) is 43.1 Å². The van der Waals surface area contributed by atoms with Crippen molar-refractivity contribution in [2.45, 2.75) is 32.4 Å². The van der Waals surface area contributed by atoms with Crippen molar-refractivity contribution in [3.63, 3.8) is 0 Å². The third-order valence-corrected chi connectivity index (χ3v) is 5.37. The summed E-state index contributed by atoms with van der Waals surface area (Å²) in [5, 5.41) is 11.8. The topological polar surface area (TPSA) is 122 Å². The summed E-state index contributed by atoms with van der Waals surface area (Å²) in [7, 11) is 1.77. The zero-order chi connectivity index (χ0) is 26.4. The largest absolute Gasteiger partial charge is 0.477 e. The summed E-state index contributed by atoms with van der Waals surface area (Å²) in [6.45, 7) is 1.89. The van der Waals surface area contributed by atoms with E-state index in [2.05, 4.69) is 42.3 Å². The first kappa shape index (κ1) is 25.8. The van der Waals surface area contributed by atoms with Crippen LogP contribution in [-0.4, -0.2) is 53.6 Å². The quantitative estimate of drug-likeness (QED) is 0.250. The molecule has 4 rings (SSSR count). The fraction of sp³-hybridized carbons (Fsp3) is 0.292. The second-order valence-electron chi connectivity index (χ2n) is 8.12. The number of ether oxygens (including phenoxy) is 1. The molecule has 0 aliphatic rings. The van der Waals surface area contributed by atoms with Crippen LogP contribution in [0.25, 0.3) is 11.4 Å². The minimum Gasteiger partial charge on any atom is -0.477 e. The van der Waals surface area contributed by atoms with Crippen LogP contribution < -0.4 is 15.8 Å². The fourth-order valence-electron chi connectivity index (χ4n) is 3.38. The number of anilines is 2. The van der Waals surface area contributed by atoms with Gasteiger partial charge in [-0.25, -0.2) is 28.4 Å². The standard InChI is InChI=1S/C24H24ClF2N9O/c1-15(6-8-37-24-18(12-31-35(24)2)23-29-7-5-22(28)34-23)33-19-9-20(25)30-11-17(19)4-3-16-10-32-36(13-16)14-21(26)27/h5,7,9-13,15,21H,6,8,14H2,1-2H3,(H,30,33)(H2,28,29,34)/t15-/m0/s1. The Kier molecular flexibility index (Phi) is 8.15. The van der Waals surface area contributed by atoms with Gasteiger partial charge in [-0.15, -0.1) is 0 Å². The molecule has 10 nitrogen and oxygen atoms in total. The number of hydrogen-bond acceptors (Lipinski definition) is 8. The van der Waals surface area contributed by atoms with Crippen molar-refractivity contribution in [2.75, 3.05) is 17.7 Å². The van der Waals surface area contributed by atoms with Crippen LogP contribution in [0.5, 0.6) is 5.88 Å². The number of hydrogen-bond donors (Lipinski definition) is 2. The molecule has 4 aromatic rings. The molecular formula is C24H24ClF2N9O. The lowest BCUT2D eigenvalue weighted by molar-refractivity contribution is 0.122. The van der Waals surface area contributed by atoms with Crippen LogP contribution in [0, 0.1) is 11.8 Å². The van der Waals surface area contributed by atoms with E-state index in [9.17, 15) is 8.78 Å². The highest BCUT2D eigenvalue weighted by atomic mass is 35.5. The smallest absolute Gasteiger partial charge is 0.257 e. The molecule has 4 aromatic heterocycles. The summed E-state index contributed by atoms with van der Waals surface area (Å²) >= 11 is 6.11. The third-order valence-electron chi connectivity index (χ3n) is 5.16. The van der Waals surface area contributed by atoms with E-state index in [4.69, 9.17) is 22.1 Å². The SMILES string of the molecule is C[C@@H](CCOc1c(-c2nccc(N)n2)cnn1C)Nc1cc(Cl)ncc1C#Cc1cnn(CC(F)F)c1. The van der Waals surface area contributed by atoms with Gasteiger partial charge >= 0.3 is 0 Å². The molecule has 192 valence electrons. The maximum absolute atomic E-state index is 12.5. The summed E-state index contributed by atoms with van der Waals surface area (Å²) < 4.78 is 33.9. The Morgan fingerprint density at radius 2 is 2.03 bits per heavy atom. The zero-order valence-corrected chi connectivity index (χ0v) is 20.8. The molecule has 0 saturated carbocycles. The van der Waals surface area contributed by atoms with Crippen molar-refractivity contribution >= 4 is 23.1 Å². The molecule has 0 saturated heterocycles. The number of nitrogens with one attached hydrogen (secondary N) is 1. The first-order valence-electron chi connectivity index (χ1n) is 11.3. The normalized spacial score (nSPS) is 11.7. The van der Waals surface area contributed by atoms with E-state index in [0.717, 1.165) is 4.68 Å². The maximum Gasteiger partial charge on any atom is 0.257 e. The van der Waals surface area contributed by atoms with Gasteiger partial charge in [0.15, 0.2) is 5.82 Å². The number of alkyl halides is 2. The van der Waals surface area contributed by atoms with Crippen molar-refractivity contribution < 1.29 is 13.5 Å². The van der Waals surface area contributed by atoms with E-state index in [-0.39, 0.29) is 6.04 Å². The lowest BCUT2D eigenvalue weighted by atomic mass is 10.2. The van der Waals surface area contributed by atoms with Crippen molar-refractivity contribution in [2.24, 2.45) is 7.05 Å². The summed E-state index contributed by atoms with van der Waals surface area (Å²) in [6.07, 6.45) is 5.82. The second kappa shape index (κ2) is 11.7. The Labute approximate surface area is 216 Å². The van der Waals surface area contributed by atoms with Gasteiger partial charge in [-0.05, 0) is 19.1 Å². The molecule has 0 fully saturated rings. The molecule has 37 heavy (non-hydrogen) atoms. The first-order chi connectivity index (χ1) is 17.8. The number of pyridine rings is 1. The zero-order valence-electron chi connectivity index (χ0n) is 20.1. The molecule has 0 amide bonds. The molecule has 13 heteroatoms. The minimum absolute atomic E-state index is 0.0203. The Balaban J connectivity index is 1.40. The van der Waals surface area contributed by atoms with Gasteiger partial charge < -0.3 is 15.8 Å². The highest BCUT2D eigenvalue weighted by molar-refractivity contribution is 6.29. The Morgan fingerprint density at radius 1 is 1.19 bits per heavy atom. The molecule has 0 spiro atoms. The first-order valence-corrected chi connectivity index (χ1v) is 11.6. The Bertz CT molecular complexity index is 1430. The van der Waals surface area contributed by atoms with Gasteiger partial charge in [0.1, 0.15) is 23.1 Å². The van der Waals surface area contributed by atoms with Crippen LogP contribution in [0.4, 0.5) is 20.3 Å². The predicted octanol–water partition coefficient (Wildman–Crippen LogP) is 3.64. The number of nitrogens with zero attached hydrogens (tertiary/aromatic N) is 7. The van der Waals surface area contributed by atoms with Crippen molar-refractivity contribution in [1.82, 2.24) is 34.5 Å². The van der Waals surface area contributed by atoms with E-state index in [0.29, 0.717) is 58.1 Å². The van der Waals surface area contributed by atoms with Gasteiger partial charge in [0.25, 0.3) is 6.43 Å². The average molecular weight is 528 g/mol. The monoisotopic (exact) mass is 527 g/mol. The number of nitrogen functional groups attached to an aromatic ring is 1. The van der Waals surface area contributed by atoms with Crippen LogP contribution in [0.1, 0.15) is 24.5 Å². The van der Waals surface area contributed by atoms with E-state index in [1.54, 1.807) is 42.5 Å². The Hall–Kier alpha value is -4.24. The van der Waals surface area contributed by atoms with Gasteiger partial charge in [0.2, 0.25) is 5.88 Å². The van der Waals surface area contributed by atoms with Crippen LogP contribution in [0.2, 0.25) is 5.15 Å². The average Bonchev–Trinajstić information content (AvgIpc) is 3.44. The molecule has 0 aliphatic carbocycles. The molecule has 0 bridgehead atoms. The molecule has 0 radical (unpaired) electrons. The number of nitrogens with two attached hydrogens (primary N) is 1. The fourth-order valence-corrected chi connectivity index (χ4v) is 3.54. The van der Waals surface area contributed by atoms with Gasteiger partial charge in [0, 0.05) is 38.1 Å². The minimum atomic E-state index is -2.49. The summed E-state index contributed by atoms with van der Waals surface area (Å²) in [4.78, 5) is 12.6. The van der Waals surface area contributed by atoms with Crippen molar-refractivity contribution in [3.8, 4) is 29.1 Å². The lowest BCUT2D eigenvalue weighted by Crippen LogP contribution is -2.19. The molecule has 3 N–H and O–H groups in total. The molecule has 0 aromatic carbocycles. The van der Waals surface area contributed by atoms with Crippen LogP contribution in [-0.2, 0) is 13.6 Å². The van der Waals surface area contributed by atoms with Gasteiger partial charge in [-0.1, -0.05) is 23.4 Å². The number of halogens is 3. The predicted molar refractivity (Wildman–Crippen MR) is 135 cm³/mol. The lowest BCUT2D eigenvalue weighted by Gasteiger charge is -2.17. The van der Waals surface area contributed by atoms with Crippen molar-refractivity contribution in [1.29, 1.82) is 0 Å². The molecule has 4 heterocycles. The van der Waals surface area contributed by atoms with Crippen LogP contribution in [0.3, 0.4) is 0 Å². The van der Waals surface area contributed by atoms with E-state index in [1.807, 2.05) is 6.92 Å². The van der Waals surface area contributed by atoms with Gasteiger partial charge in [-0.2, -0.15) is 10.2 Å². The van der Waals surface area contributed by atoms with E-state index >= 15 is 0 Å². The maximum atomic E-state index is 12.5. The summed E-state index contributed by atoms with van der Waals surface area (Å²) in [6, 6.07) is 3.27. The summed E-state index contributed by atoms with van der Waals surface area (Å²) in [5.41, 5.74) is 8.23. The highest BCUT2D eigenvalue weighted by Crippen LogP contribution is 2.27. The van der Waals surface area contributed by atoms with Crippen LogP contribution >= 0.6 is 11.6 Å². The van der Waals surface area contributed by atoms with Gasteiger partial charge in [0.05, 0.1) is 35.8 Å². The van der Waals surface area contributed by atoms with E-state index in [1.165, 1.54) is 12.4 Å². The van der Waals surface area contributed by atoms with Gasteiger partial charge in [-0.3, -0.25) is 4.68 Å². The highest BCUT2D eigenvalue weighted by Gasteiger charge is 2.16. The number of aromatic nitrogens is 7.